The van der Waals surface area contributed by atoms with Crippen LogP contribution in [0.4, 0.5) is 11.4 Å². The molecule has 5 nitrogen and oxygen atoms in total. The summed E-state index contributed by atoms with van der Waals surface area (Å²) >= 11 is 0. The van der Waals surface area contributed by atoms with Crippen molar-refractivity contribution < 1.29 is 14.6 Å². The SMILES string of the molecule is CC1(C)Cc2cccc(CNc3cccc(NC(=O)CO)c3)c2O1. The molecule has 0 radical (unpaired) electrons. The lowest BCUT2D eigenvalue weighted by atomic mass is 10.0. The predicted molar refractivity (Wildman–Crippen MR) is 94.3 cm³/mol. The van der Waals surface area contributed by atoms with E-state index < -0.39 is 12.5 Å². The molecular formula is C19H22N2O3. The van der Waals surface area contributed by atoms with E-state index in [2.05, 4.69) is 42.7 Å². The molecule has 3 rings (SSSR count). The van der Waals surface area contributed by atoms with Gasteiger partial charge in [0.25, 0.3) is 0 Å². The molecule has 24 heavy (non-hydrogen) atoms. The molecule has 2 aromatic rings. The van der Waals surface area contributed by atoms with Crippen molar-refractivity contribution in [1.29, 1.82) is 0 Å². The fourth-order valence-electron chi connectivity index (χ4n) is 2.92. The number of hydrogen-bond acceptors (Lipinski definition) is 4. The van der Waals surface area contributed by atoms with Crippen molar-refractivity contribution in [1.82, 2.24) is 0 Å². The molecule has 1 amide bonds. The van der Waals surface area contributed by atoms with Gasteiger partial charge in [0.2, 0.25) is 5.91 Å². The van der Waals surface area contributed by atoms with Gasteiger partial charge in [-0.1, -0.05) is 24.3 Å². The van der Waals surface area contributed by atoms with Crippen LogP contribution >= 0.6 is 0 Å². The highest BCUT2D eigenvalue weighted by atomic mass is 16.5. The predicted octanol–water partition coefficient (Wildman–Crippen LogP) is 2.94. The van der Waals surface area contributed by atoms with Gasteiger partial charge in [-0.25, -0.2) is 0 Å². The number of hydrogen-bond donors (Lipinski definition) is 3. The molecule has 2 aromatic carbocycles. The topological polar surface area (TPSA) is 70.6 Å². The minimum absolute atomic E-state index is 0.160. The van der Waals surface area contributed by atoms with E-state index >= 15 is 0 Å². The first kappa shape index (κ1) is 16.3. The number of fused-ring (bicyclic) bond motifs is 1. The maximum Gasteiger partial charge on any atom is 0.250 e. The van der Waals surface area contributed by atoms with Crippen LogP contribution in [0.5, 0.6) is 5.75 Å². The van der Waals surface area contributed by atoms with Gasteiger partial charge in [0.05, 0.1) is 0 Å². The van der Waals surface area contributed by atoms with E-state index in [0.717, 1.165) is 23.4 Å². The molecule has 0 bridgehead atoms. The van der Waals surface area contributed by atoms with E-state index in [1.165, 1.54) is 5.56 Å². The van der Waals surface area contributed by atoms with Crippen molar-refractivity contribution in [3.8, 4) is 5.75 Å². The van der Waals surface area contributed by atoms with Crippen LogP contribution in [0.3, 0.4) is 0 Å². The Morgan fingerprint density at radius 3 is 2.75 bits per heavy atom. The number of rotatable bonds is 5. The third-order valence-electron chi connectivity index (χ3n) is 3.95. The third-order valence-corrected chi connectivity index (χ3v) is 3.95. The highest BCUT2D eigenvalue weighted by Gasteiger charge is 2.31. The van der Waals surface area contributed by atoms with Crippen LogP contribution in [0.15, 0.2) is 42.5 Å². The minimum Gasteiger partial charge on any atom is -0.487 e. The lowest BCUT2D eigenvalue weighted by Gasteiger charge is -2.18. The Kier molecular flexibility index (Phi) is 4.44. The fraction of sp³-hybridized carbons (Fsp3) is 0.316. The van der Waals surface area contributed by atoms with Gasteiger partial charge < -0.3 is 20.5 Å². The Bertz CT molecular complexity index is 756. The van der Waals surface area contributed by atoms with Gasteiger partial charge in [0.1, 0.15) is 18.0 Å². The molecule has 0 spiro atoms. The molecule has 0 saturated heterocycles. The monoisotopic (exact) mass is 326 g/mol. The van der Waals surface area contributed by atoms with Crippen molar-refractivity contribution in [2.45, 2.75) is 32.4 Å². The molecule has 0 saturated carbocycles. The highest BCUT2D eigenvalue weighted by molar-refractivity contribution is 5.91. The first-order valence-electron chi connectivity index (χ1n) is 8.01. The number of aliphatic hydroxyl groups excluding tert-OH is 1. The summed E-state index contributed by atoms with van der Waals surface area (Å²) in [4.78, 5) is 11.3. The Morgan fingerprint density at radius 1 is 1.21 bits per heavy atom. The molecule has 126 valence electrons. The van der Waals surface area contributed by atoms with E-state index in [0.29, 0.717) is 12.2 Å². The molecule has 0 atom stereocenters. The Balaban J connectivity index is 1.70. The molecular weight excluding hydrogens is 304 g/mol. The van der Waals surface area contributed by atoms with Crippen LogP contribution in [-0.2, 0) is 17.8 Å². The summed E-state index contributed by atoms with van der Waals surface area (Å²) in [5, 5.41) is 14.8. The standard InChI is InChI=1S/C19H22N2O3/c1-19(2)10-13-5-3-6-14(18(13)24-19)11-20-15-7-4-8-16(9-15)21-17(23)12-22/h3-9,20,22H,10-12H2,1-2H3,(H,21,23). The number of aliphatic hydroxyl groups is 1. The Hall–Kier alpha value is -2.53. The normalized spacial score (nSPS) is 14.6. The van der Waals surface area contributed by atoms with Crippen LogP contribution in [0.2, 0.25) is 0 Å². The van der Waals surface area contributed by atoms with Crippen molar-refractivity contribution >= 4 is 17.3 Å². The molecule has 0 fully saturated rings. The maximum atomic E-state index is 11.3. The van der Waals surface area contributed by atoms with Gasteiger partial charge in [-0.2, -0.15) is 0 Å². The number of nitrogens with one attached hydrogen (secondary N) is 2. The molecule has 5 heteroatoms. The molecule has 0 aromatic heterocycles. The molecule has 1 aliphatic rings. The highest BCUT2D eigenvalue weighted by Crippen LogP contribution is 2.37. The quantitative estimate of drug-likeness (QED) is 0.790. The number of carbonyl (C=O) groups is 1. The summed E-state index contributed by atoms with van der Waals surface area (Å²) < 4.78 is 6.08. The summed E-state index contributed by atoms with van der Waals surface area (Å²) in [5.41, 5.74) is 3.73. The summed E-state index contributed by atoms with van der Waals surface area (Å²) in [6.07, 6.45) is 0.916. The first-order valence-corrected chi connectivity index (χ1v) is 8.01. The lowest BCUT2D eigenvalue weighted by Crippen LogP contribution is -2.25. The maximum absolute atomic E-state index is 11.3. The second kappa shape index (κ2) is 6.53. The van der Waals surface area contributed by atoms with Gasteiger partial charge >= 0.3 is 0 Å². The van der Waals surface area contributed by atoms with Crippen molar-refractivity contribution in [3.05, 3.63) is 53.6 Å². The van der Waals surface area contributed by atoms with Gasteiger partial charge in [0.15, 0.2) is 0 Å². The molecule has 0 unspecified atom stereocenters. The van der Waals surface area contributed by atoms with Crippen molar-refractivity contribution in [3.63, 3.8) is 0 Å². The second-order valence-corrected chi connectivity index (χ2v) is 6.58. The lowest BCUT2D eigenvalue weighted by molar-refractivity contribution is -0.118. The third kappa shape index (κ3) is 3.68. The summed E-state index contributed by atoms with van der Waals surface area (Å²) in [7, 11) is 0. The summed E-state index contributed by atoms with van der Waals surface area (Å²) in [5.74, 6) is 0.545. The largest absolute Gasteiger partial charge is 0.487 e. The van der Waals surface area contributed by atoms with Crippen molar-refractivity contribution in [2.75, 3.05) is 17.2 Å². The van der Waals surface area contributed by atoms with Crippen molar-refractivity contribution in [2.24, 2.45) is 0 Å². The minimum atomic E-state index is -0.527. The zero-order chi connectivity index (χ0) is 17.2. The van der Waals surface area contributed by atoms with E-state index in [-0.39, 0.29) is 5.60 Å². The molecule has 0 aliphatic carbocycles. The first-order chi connectivity index (χ1) is 11.5. The zero-order valence-corrected chi connectivity index (χ0v) is 13.9. The van der Waals surface area contributed by atoms with E-state index in [9.17, 15) is 4.79 Å². The fourth-order valence-corrected chi connectivity index (χ4v) is 2.92. The van der Waals surface area contributed by atoms with Gasteiger partial charge in [-0.05, 0) is 37.6 Å². The van der Waals surface area contributed by atoms with Gasteiger partial charge in [-0.15, -0.1) is 0 Å². The number of amides is 1. The molecule has 1 heterocycles. The van der Waals surface area contributed by atoms with Crippen LogP contribution in [0.25, 0.3) is 0 Å². The van der Waals surface area contributed by atoms with E-state index in [1.54, 1.807) is 6.07 Å². The number of anilines is 2. The van der Waals surface area contributed by atoms with Crippen LogP contribution < -0.4 is 15.4 Å². The molecule has 3 N–H and O–H groups in total. The zero-order valence-electron chi connectivity index (χ0n) is 13.9. The van der Waals surface area contributed by atoms with E-state index in [1.807, 2.05) is 18.2 Å². The van der Waals surface area contributed by atoms with Crippen LogP contribution in [0.1, 0.15) is 25.0 Å². The average molecular weight is 326 g/mol. The molecule has 1 aliphatic heterocycles. The summed E-state index contributed by atoms with van der Waals surface area (Å²) in [6, 6.07) is 13.6. The Labute approximate surface area is 141 Å². The number of ether oxygens (including phenoxy) is 1. The number of benzene rings is 2. The van der Waals surface area contributed by atoms with Crippen LogP contribution in [0, 0.1) is 0 Å². The number of carbonyl (C=O) groups excluding carboxylic acids is 1. The summed E-state index contributed by atoms with van der Waals surface area (Å²) in [6.45, 7) is 4.30. The second-order valence-electron chi connectivity index (χ2n) is 6.58. The van der Waals surface area contributed by atoms with E-state index in [4.69, 9.17) is 9.84 Å². The average Bonchev–Trinajstić information content (AvgIpc) is 2.87. The van der Waals surface area contributed by atoms with Crippen LogP contribution in [-0.4, -0.2) is 23.2 Å². The Morgan fingerprint density at radius 2 is 1.96 bits per heavy atom. The number of para-hydroxylation sites is 1. The smallest absolute Gasteiger partial charge is 0.250 e. The van der Waals surface area contributed by atoms with Gasteiger partial charge in [0, 0.05) is 29.9 Å². The van der Waals surface area contributed by atoms with Gasteiger partial charge in [-0.3, -0.25) is 4.79 Å².